The molecule has 2 aromatic carbocycles. The molecule has 0 saturated carbocycles. The van der Waals surface area contributed by atoms with E-state index in [0.29, 0.717) is 16.7 Å². The Labute approximate surface area is 153 Å². The van der Waals surface area contributed by atoms with Gasteiger partial charge in [-0.25, -0.2) is 13.2 Å². The van der Waals surface area contributed by atoms with E-state index in [0.717, 1.165) is 23.8 Å². The van der Waals surface area contributed by atoms with Gasteiger partial charge in [-0.1, -0.05) is 0 Å². The van der Waals surface area contributed by atoms with Crippen molar-refractivity contribution in [2.45, 2.75) is 17.1 Å². The number of aromatic nitrogens is 1. The van der Waals surface area contributed by atoms with E-state index < -0.39 is 16.9 Å². The highest BCUT2D eigenvalue weighted by molar-refractivity contribution is 7.99. The van der Waals surface area contributed by atoms with Gasteiger partial charge >= 0.3 is 0 Å². The quantitative estimate of drug-likeness (QED) is 0.437. The summed E-state index contributed by atoms with van der Waals surface area (Å²) in [5, 5.41) is -0.607. The van der Waals surface area contributed by atoms with Crippen LogP contribution in [0.5, 0.6) is 0 Å². The zero-order valence-electron chi connectivity index (χ0n) is 13.7. The molecule has 0 aliphatic carbocycles. The zero-order valence-corrected chi connectivity index (χ0v) is 14.6. The molecule has 132 valence electrons. The normalized spacial score (nSPS) is 12.0. The highest BCUT2D eigenvalue weighted by Gasteiger charge is 2.22. The fourth-order valence-electron chi connectivity index (χ4n) is 2.59. The summed E-state index contributed by atoms with van der Waals surface area (Å²) in [6.45, 7) is 1.78. The van der Waals surface area contributed by atoms with Gasteiger partial charge in [0.05, 0.1) is 5.25 Å². The standard InChI is InChI=1S/C20H14F3NOS/c1-12-8-15(11-25)24-10-18(12)20(17-9-14(22)4-7-19(17)23)26-16-5-2-13(21)3-6-16/h2-11,20H,1H3. The SMILES string of the molecule is Cc1cc(C=O)ncc1C(Sc1ccc(F)cc1)c1cc(F)ccc1F. The fourth-order valence-corrected chi connectivity index (χ4v) is 3.83. The monoisotopic (exact) mass is 373 g/mol. The first-order chi connectivity index (χ1) is 12.5. The van der Waals surface area contributed by atoms with Crippen molar-refractivity contribution < 1.29 is 18.0 Å². The lowest BCUT2D eigenvalue weighted by Gasteiger charge is -2.20. The lowest BCUT2D eigenvalue weighted by atomic mass is 10.0. The number of benzene rings is 2. The maximum atomic E-state index is 14.4. The van der Waals surface area contributed by atoms with Gasteiger partial charge in [0.2, 0.25) is 0 Å². The molecule has 0 N–H and O–H groups in total. The van der Waals surface area contributed by atoms with Crippen LogP contribution < -0.4 is 0 Å². The van der Waals surface area contributed by atoms with Crippen LogP contribution in [0.3, 0.4) is 0 Å². The molecule has 1 unspecified atom stereocenters. The smallest absolute Gasteiger partial charge is 0.168 e. The van der Waals surface area contributed by atoms with Crippen molar-refractivity contribution in [3.63, 3.8) is 0 Å². The Kier molecular flexibility index (Phi) is 5.42. The number of aldehydes is 1. The number of nitrogens with zero attached hydrogens (tertiary/aromatic N) is 1. The molecule has 0 bridgehead atoms. The molecule has 2 nitrogen and oxygen atoms in total. The molecular weight excluding hydrogens is 359 g/mol. The Balaban J connectivity index is 2.10. The summed E-state index contributed by atoms with van der Waals surface area (Å²) in [5.41, 5.74) is 1.79. The Morgan fingerprint density at radius 2 is 1.65 bits per heavy atom. The summed E-state index contributed by atoms with van der Waals surface area (Å²) in [6, 6.07) is 10.6. The minimum atomic E-state index is -0.607. The van der Waals surface area contributed by atoms with Gasteiger partial charge in [-0.3, -0.25) is 9.78 Å². The third kappa shape index (κ3) is 3.96. The van der Waals surface area contributed by atoms with E-state index in [9.17, 15) is 18.0 Å². The maximum absolute atomic E-state index is 14.4. The van der Waals surface area contributed by atoms with Crippen molar-refractivity contribution in [3.05, 3.63) is 94.6 Å². The van der Waals surface area contributed by atoms with Crippen molar-refractivity contribution >= 4 is 18.0 Å². The number of carbonyl (C=O) groups is 1. The van der Waals surface area contributed by atoms with E-state index in [1.807, 2.05) is 0 Å². The number of aryl methyl sites for hydroxylation is 1. The predicted molar refractivity (Wildman–Crippen MR) is 94.8 cm³/mol. The van der Waals surface area contributed by atoms with Gasteiger partial charge in [0.25, 0.3) is 0 Å². The molecule has 0 amide bonds. The molecule has 1 aromatic heterocycles. The average molecular weight is 373 g/mol. The average Bonchev–Trinajstić information content (AvgIpc) is 2.64. The van der Waals surface area contributed by atoms with Crippen LogP contribution in [0.25, 0.3) is 0 Å². The molecule has 0 aliphatic rings. The number of pyridine rings is 1. The number of hydrogen-bond donors (Lipinski definition) is 0. The number of hydrogen-bond acceptors (Lipinski definition) is 3. The van der Waals surface area contributed by atoms with Crippen molar-refractivity contribution in [1.82, 2.24) is 4.98 Å². The Morgan fingerprint density at radius 3 is 2.31 bits per heavy atom. The molecule has 1 heterocycles. The summed E-state index contributed by atoms with van der Waals surface area (Å²) in [5.74, 6) is -1.48. The Morgan fingerprint density at radius 1 is 0.962 bits per heavy atom. The van der Waals surface area contributed by atoms with E-state index in [4.69, 9.17) is 0 Å². The molecule has 0 radical (unpaired) electrons. The van der Waals surface area contributed by atoms with Crippen LogP contribution in [-0.2, 0) is 0 Å². The Bertz CT molecular complexity index is 944. The maximum Gasteiger partial charge on any atom is 0.168 e. The topological polar surface area (TPSA) is 30.0 Å². The van der Waals surface area contributed by atoms with E-state index in [2.05, 4.69) is 4.98 Å². The molecule has 0 saturated heterocycles. The van der Waals surface area contributed by atoms with Crippen LogP contribution in [0.1, 0.15) is 32.4 Å². The number of halogens is 3. The first kappa shape index (κ1) is 18.2. The van der Waals surface area contributed by atoms with Crippen LogP contribution >= 0.6 is 11.8 Å². The van der Waals surface area contributed by atoms with Gasteiger partial charge in [0, 0.05) is 16.7 Å². The van der Waals surface area contributed by atoms with Crippen LogP contribution in [0.4, 0.5) is 13.2 Å². The van der Waals surface area contributed by atoms with E-state index in [1.54, 1.807) is 25.1 Å². The van der Waals surface area contributed by atoms with Gasteiger partial charge in [-0.05, 0) is 66.6 Å². The van der Waals surface area contributed by atoms with Gasteiger partial charge in [0.1, 0.15) is 23.1 Å². The van der Waals surface area contributed by atoms with Crippen LogP contribution in [0, 0.1) is 24.4 Å². The number of rotatable bonds is 5. The van der Waals surface area contributed by atoms with Gasteiger partial charge in [-0.15, -0.1) is 11.8 Å². The van der Waals surface area contributed by atoms with Gasteiger partial charge in [0.15, 0.2) is 6.29 Å². The Hall–Kier alpha value is -2.60. The van der Waals surface area contributed by atoms with E-state index >= 15 is 0 Å². The summed E-state index contributed by atoms with van der Waals surface area (Å²) in [6.07, 6.45) is 2.12. The van der Waals surface area contributed by atoms with Gasteiger partial charge < -0.3 is 0 Å². The highest BCUT2D eigenvalue weighted by atomic mass is 32.2. The second-order valence-electron chi connectivity index (χ2n) is 5.70. The van der Waals surface area contributed by atoms with Gasteiger partial charge in [-0.2, -0.15) is 0 Å². The fraction of sp³-hybridized carbons (Fsp3) is 0.100. The van der Waals surface area contributed by atoms with Crippen molar-refractivity contribution in [2.24, 2.45) is 0 Å². The van der Waals surface area contributed by atoms with E-state index in [-0.39, 0.29) is 17.1 Å². The minimum Gasteiger partial charge on any atom is -0.296 e. The molecule has 6 heteroatoms. The summed E-state index contributed by atoms with van der Waals surface area (Å²) in [4.78, 5) is 15.7. The molecule has 0 aliphatic heterocycles. The first-order valence-corrected chi connectivity index (χ1v) is 8.65. The number of carbonyl (C=O) groups excluding carboxylic acids is 1. The third-order valence-electron chi connectivity index (χ3n) is 3.88. The van der Waals surface area contributed by atoms with Crippen LogP contribution in [-0.4, -0.2) is 11.3 Å². The van der Waals surface area contributed by atoms with Crippen molar-refractivity contribution in [3.8, 4) is 0 Å². The molecule has 0 spiro atoms. The molecule has 3 rings (SSSR count). The largest absolute Gasteiger partial charge is 0.296 e. The summed E-state index contributed by atoms with van der Waals surface area (Å²) in [7, 11) is 0. The lowest BCUT2D eigenvalue weighted by molar-refractivity contribution is 0.111. The first-order valence-electron chi connectivity index (χ1n) is 7.77. The van der Waals surface area contributed by atoms with Crippen molar-refractivity contribution in [2.75, 3.05) is 0 Å². The second kappa shape index (κ2) is 7.74. The minimum absolute atomic E-state index is 0.156. The summed E-state index contributed by atoms with van der Waals surface area (Å²) >= 11 is 1.25. The van der Waals surface area contributed by atoms with E-state index in [1.165, 1.54) is 30.1 Å². The third-order valence-corrected chi connectivity index (χ3v) is 5.17. The molecular formula is C20H14F3NOS. The van der Waals surface area contributed by atoms with Crippen LogP contribution in [0.2, 0.25) is 0 Å². The zero-order chi connectivity index (χ0) is 18.7. The second-order valence-corrected chi connectivity index (χ2v) is 6.88. The molecule has 3 aromatic rings. The lowest BCUT2D eigenvalue weighted by Crippen LogP contribution is -2.05. The highest BCUT2D eigenvalue weighted by Crippen LogP contribution is 2.42. The van der Waals surface area contributed by atoms with Crippen molar-refractivity contribution in [1.29, 1.82) is 0 Å². The predicted octanol–water partition coefficient (Wildman–Crippen LogP) is 5.50. The molecule has 1 atom stereocenters. The molecule has 0 fully saturated rings. The summed E-state index contributed by atoms with van der Waals surface area (Å²) < 4.78 is 41.4. The number of thioether (sulfide) groups is 1. The van der Waals surface area contributed by atoms with Crippen LogP contribution in [0.15, 0.2) is 59.6 Å². The molecule has 26 heavy (non-hydrogen) atoms.